The lowest BCUT2D eigenvalue weighted by atomic mass is 9.43. The highest BCUT2D eigenvalue weighted by atomic mass is 14.6. The Morgan fingerprint density at radius 1 is 1.13 bits per heavy atom. The van der Waals surface area contributed by atoms with Crippen molar-refractivity contribution in [1.82, 2.24) is 0 Å². The smallest absolute Gasteiger partial charge is 0.0911 e. The van der Waals surface area contributed by atoms with Gasteiger partial charge in [0, 0.05) is 6.08 Å². The van der Waals surface area contributed by atoms with Gasteiger partial charge in [0.2, 0.25) is 0 Å². The van der Waals surface area contributed by atoms with Crippen LogP contribution in [0, 0.1) is 51.8 Å². The molecule has 0 aromatic carbocycles. The van der Waals surface area contributed by atoms with Gasteiger partial charge in [-0.2, -0.15) is 5.26 Å². The maximum atomic E-state index is 9.20. The molecule has 0 saturated heterocycles. The van der Waals surface area contributed by atoms with Crippen molar-refractivity contribution in [2.45, 2.75) is 78.6 Å². The van der Waals surface area contributed by atoms with Crippen LogP contribution in [-0.2, 0) is 0 Å². The van der Waals surface area contributed by atoms with E-state index in [-0.39, 0.29) is 0 Å². The Balaban J connectivity index is 1.71. The fraction of sp³-hybridized carbons (Fsp3) is 0.864. The Morgan fingerprint density at radius 2 is 1.96 bits per heavy atom. The average Bonchev–Trinajstić information content (AvgIpc) is 2.83. The molecule has 4 aliphatic rings. The molecule has 0 amide bonds. The van der Waals surface area contributed by atoms with Gasteiger partial charge in [0.1, 0.15) is 0 Å². The molecule has 0 radical (unpaired) electrons. The summed E-state index contributed by atoms with van der Waals surface area (Å²) in [5.41, 5.74) is 2.42. The van der Waals surface area contributed by atoms with Crippen LogP contribution in [0.3, 0.4) is 0 Å². The summed E-state index contributed by atoms with van der Waals surface area (Å²) in [7, 11) is 0. The summed E-state index contributed by atoms with van der Waals surface area (Å²) in [6, 6.07) is 2.35. The van der Waals surface area contributed by atoms with E-state index in [4.69, 9.17) is 0 Å². The molecular formula is C22H33N. The quantitative estimate of drug-likeness (QED) is 0.495. The van der Waals surface area contributed by atoms with Gasteiger partial charge in [-0.15, -0.1) is 0 Å². The number of hydrogen-bond donors (Lipinski definition) is 0. The van der Waals surface area contributed by atoms with Crippen molar-refractivity contribution in [3.63, 3.8) is 0 Å². The highest BCUT2D eigenvalue weighted by Crippen LogP contribution is 2.68. The van der Waals surface area contributed by atoms with Gasteiger partial charge in [0.05, 0.1) is 6.07 Å². The largest absolute Gasteiger partial charge is 0.193 e. The molecule has 4 saturated carbocycles. The lowest BCUT2D eigenvalue weighted by molar-refractivity contribution is -0.124. The van der Waals surface area contributed by atoms with Crippen LogP contribution < -0.4 is 0 Å². The molecular weight excluding hydrogens is 278 g/mol. The molecule has 7 atom stereocenters. The zero-order valence-electron chi connectivity index (χ0n) is 15.3. The van der Waals surface area contributed by atoms with Crippen LogP contribution in [0.25, 0.3) is 0 Å². The normalized spacial score (nSPS) is 54.0. The summed E-state index contributed by atoms with van der Waals surface area (Å²) in [6.07, 6.45) is 14.6. The first kappa shape index (κ1) is 15.7. The number of nitrogens with zero attached hydrogens (tertiary/aromatic N) is 1. The Labute approximate surface area is 142 Å². The molecule has 4 fully saturated rings. The summed E-state index contributed by atoms with van der Waals surface area (Å²) in [5, 5.41) is 9.20. The molecule has 126 valence electrons. The van der Waals surface area contributed by atoms with Crippen LogP contribution >= 0.6 is 0 Å². The Hall–Kier alpha value is -0.770. The molecule has 1 heteroatoms. The molecule has 4 rings (SSSR count). The first-order valence-electron chi connectivity index (χ1n) is 10.1. The summed E-state index contributed by atoms with van der Waals surface area (Å²) >= 11 is 0. The maximum absolute atomic E-state index is 9.20. The minimum atomic E-state index is 0.328. The van der Waals surface area contributed by atoms with Crippen LogP contribution in [-0.4, -0.2) is 0 Å². The maximum Gasteiger partial charge on any atom is 0.0911 e. The van der Waals surface area contributed by atoms with Gasteiger partial charge < -0.3 is 0 Å². The van der Waals surface area contributed by atoms with Crippen LogP contribution in [0.1, 0.15) is 78.6 Å². The molecule has 4 aliphatic carbocycles. The Morgan fingerprint density at radius 3 is 2.74 bits per heavy atom. The van der Waals surface area contributed by atoms with Crippen LogP contribution in [0.2, 0.25) is 0 Å². The lowest BCUT2D eigenvalue weighted by Gasteiger charge is -2.62. The molecule has 23 heavy (non-hydrogen) atoms. The van der Waals surface area contributed by atoms with E-state index < -0.39 is 0 Å². The van der Waals surface area contributed by atoms with E-state index in [0.29, 0.717) is 10.8 Å². The van der Waals surface area contributed by atoms with E-state index in [9.17, 15) is 5.26 Å². The molecule has 0 aromatic heterocycles. The highest BCUT2D eigenvalue weighted by molar-refractivity contribution is 5.28. The molecule has 0 spiro atoms. The number of hydrogen-bond acceptors (Lipinski definition) is 1. The summed E-state index contributed by atoms with van der Waals surface area (Å²) in [5.74, 6) is 4.55. The molecule has 0 N–H and O–H groups in total. The van der Waals surface area contributed by atoms with E-state index in [1.165, 1.54) is 63.4 Å². The standard InChI is InChI=1S/C22H33N/c1-15-14-22(3)17(11-13-23)8-10-19(22)18-9-7-16-6-4-5-12-21(16,2)20(15)18/h11,15-16,18-20H,4-10,12,14H2,1-3H3/b17-11-/t15-,16-,18?,19?,20?,21-,22+/m0/s1. The first-order valence-corrected chi connectivity index (χ1v) is 10.1. The van der Waals surface area contributed by atoms with Crippen LogP contribution in [0.4, 0.5) is 0 Å². The average molecular weight is 312 g/mol. The van der Waals surface area contributed by atoms with Crippen LogP contribution in [0.5, 0.6) is 0 Å². The van der Waals surface area contributed by atoms with Crippen molar-refractivity contribution in [3.05, 3.63) is 11.6 Å². The van der Waals surface area contributed by atoms with Gasteiger partial charge in [-0.1, -0.05) is 39.2 Å². The van der Waals surface area contributed by atoms with E-state index >= 15 is 0 Å². The van der Waals surface area contributed by atoms with Crippen molar-refractivity contribution in [2.24, 2.45) is 40.4 Å². The summed E-state index contributed by atoms with van der Waals surface area (Å²) in [4.78, 5) is 0. The Bertz CT molecular complexity index is 555. The third kappa shape index (κ3) is 2.09. The number of allylic oxidation sites excluding steroid dienone is 2. The molecule has 1 nitrogen and oxygen atoms in total. The van der Waals surface area contributed by atoms with E-state index in [1.807, 2.05) is 6.08 Å². The van der Waals surface area contributed by atoms with Gasteiger partial charge >= 0.3 is 0 Å². The van der Waals surface area contributed by atoms with Gasteiger partial charge in [0.25, 0.3) is 0 Å². The van der Waals surface area contributed by atoms with Crippen molar-refractivity contribution in [2.75, 3.05) is 0 Å². The second-order valence-corrected chi connectivity index (χ2v) is 9.76. The fourth-order valence-corrected chi connectivity index (χ4v) is 8.16. The molecule has 3 unspecified atom stereocenters. The van der Waals surface area contributed by atoms with Crippen molar-refractivity contribution in [1.29, 1.82) is 5.26 Å². The zero-order valence-corrected chi connectivity index (χ0v) is 15.3. The second kappa shape index (κ2) is 5.37. The van der Waals surface area contributed by atoms with Gasteiger partial charge in [-0.25, -0.2) is 0 Å². The molecule has 0 aromatic rings. The number of nitriles is 1. The predicted octanol–water partition coefficient (Wildman–Crippen LogP) is 6.12. The topological polar surface area (TPSA) is 23.8 Å². The molecule has 0 heterocycles. The van der Waals surface area contributed by atoms with E-state index in [0.717, 1.165) is 29.6 Å². The summed E-state index contributed by atoms with van der Waals surface area (Å²) < 4.78 is 0. The third-order valence-electron chi connectivity index (χ3n) is 8.91. The van der Waals surface area contributed by atoms with Crippen molar-refractivity contribution in [3.8, 4) is 6.07 Å². The molecule has 0 aliphatic heterocycles. The minimum Gasteiger partial charge on any atom is -0.193 e. The van der Waals surface area contributed by atoms with E-state index in [1.54, 1.807) is 0 Å². The minimum absolute atomic E-state index is 0.328. The third-order valence-corrected chi connectivity index (χ3v) is 8.91. The van der Waals surface area contributed by atoms with Crippen molar-refractivity contribution >= 4 is 0 Å². The van der Waals surface area contributed by atoms with Crippen molar-refractivity contribution < 1.29 is 0 Å². The lowest BCUT2D eigenvalue weighted by Crippen LogP contribution is -2.55. The summed E-state index contributed by atoms with van der Waals surface area (Å²) in [6.45, 7) is 7.70. The monoisotopic (exact) mass is 311 g/mol. The SMILES string of the molecule is C[C@H]1C[C@]2(C)/C(=C\C#N)CCC2C2CC[C@@H]3CCCC[C@]3(C)C21. The predicted molar refractivity (Wildman–Crippen MR) is 94.6 cm³/mol. The Kier molecular flexibility index (Phi) is 3.67. The number of fused-ring (bicyclic) bond motifs is 5. The van der Waals surface area contributed by atoms with Gasteiger partial charge in [-0.05, 0) is 85.4 Å². The first-order chi connectivity index (χ1) is 11.0. The van der Waals surface area contributed by atoms with E-state index in [2.05, 4.69) is 26.8 Å². The highest BCUT2D eigenvalue weighted by Gasteiger charge is 2.60. The molecule has 0 bridgehead atoms. The second-order valence-electron chi connectivity index (χ2n) is 9.76. The zero-order chi connectivity index (χ0) is 16.2. The fourth-order valence-electron chi connectivity index (χ4n) is 8.16. The van der Waals surface area contributed by atoms with Crippen LogP contribution in [0.15, 0.2) is 11.6 Å². The van der Waals surface area contributed by atoms with Gasteiger partial charge in [-0.3, -0.25) is 0 Å². The number of rotatable bonds is 0. The van der Waals surface area contributed by atoms with Gasteiger partial charge in [0.15, 0.2) is 0 Å².